The summed E-state index contributed by atoms with van der Waals surface area (Å²) < 4.78 is 16.3. The van der Waals surface area contributed by atoms with Crippen LogP contribution in [-0.4, -0.2) is 49.5 Å². The quantitative estimate of drug-likeness (QED) is 0.661. The molecule has 0 aromatic heterocycles. The molecule has 0 aliphatic rings. The zero-order chi connectivity index (χ0) is 19.8. The Labute approximate surface area is 166 Å². The summed E-state index contributed by atoms with van der Waals surface area (Å²) in [4.78, 5) is 2.19. The number of benzene rings is 2. The van der Waals surface area contributed by atoms with Crippen molar-refractivity contribution in [1.29, 1.82) is 0 Å². The van der Waals surface area contributed by atoms with Gasteiger partial charge >= 0.3 is 0 Å². The minimum atomic E-state index is -0.608. The van der Waals surface area contributed by atoms with Crippen LogP contribution in [0.3, 0.4) is 0 Å². The number of ether oxygens (including phenoxy) is 3. The van der Waals surface area contributed by atoms with Crippen LogP contribution >= 0.6 is 11.6 Å². The molecule has 5 nitrogen and oxygen atoms in total. The summed E-state index contributed by atoms with van der Waals surface area (Å²) in [5.41, 5.74) is 1.09. The summed E-state index contributed by atoms with van der Waals surface area (Å²) in [5.74, 6) is 2.09. The molecular formula is C21H28ClNO4. The van der Waals surface area contributed by atoms with Crippen molar-refractivity contribution >= 4 is 11.6 Å². The second kappa shape index (κ2) is 10.4. The molecule has 27 heavy (non-hydrogen) atoms. The molecule has 0 saturated heterocycles. The number of nitrogens with zero attached hydrogens (tertiary/aromatic N) is 1. The molecule has 0 aliphatic heterocycles. The standard InChI is InChI=1S/C21H28ClNO4/c1-15(2)23(12-16-5-10-20(25-3)21(11-16)26-4)13-18(24)14-27-19-8-6-17(22)7-9-19/h5-11,15,18,24H,12-14H2,1-4H3/t18-/m0/s1. The molecule has 0 radical (unpaired) electrons. The zero-order valence-electron chi connectivity index (χ0n) is 16.3. The van der Waals surface area contributed by atoms with Gasteiger partial charge in [0.2, 0.25) is 0 Å². The van der Waals surface area contributed by atoms with Crippen molar-refractivity contribution in [3.63, 3.8) is 0 Å². The molecule has 0 bridgehead atoms. The van der Waals surface area contributed by atoms with Gasteiger partial charge in [-0.05, 0) is 55.8 Å². The van der Waals surface area contributed by atoms with Crippen molar-refractivity contribution in [2.45, 2.75) is 32.5 Å². The lowest BCUT2D eigenvalue weighted by Crippen LogP contribution is -2.39. The number of hydrogen-bond acceptors (Lipinski definition) is 5. The van der Waals surface area contributed by atoms with Gasteiger partial charge in [-0.15, -0.1) is 0 Å². The molecule has 0 amide bonds. The summed E-state index contributed by atoms with van der Waals surface area (Å²) >= 11 is 5.87. The van der Waals surface area contributed by atoms with Gasteiger partial charge < -0.3 is 19.3 Å². The molecule has 148 valence electrons. The van der Waals surface area contributed by atoms with Gasteiger partial charge in [-0.2, -0.15) is 0 Å². The van der Waals surface area contributed by atoms with E-state index < -0.39 is 6.10 Å². The van der Waals surface area contributed by atoms with Crippen molar-refractivity contribution in [3.8, 4) is 17.2 Å². The Bertz CT molecular complexity index is 706. The number of aliphatic hydroxyl groups is 1. The first-order chi connectivity index (χ1) is 12.9. The van der Waals surface area contributed by atoms with Gasteiger partial charge in [0.1, 0.15) is 18.5 Å². The van der Waals surface area contributed by atoms with Crippen molar-refractivity contribution in [3.05, 3.63) is 53.1 Å². The molecular weight excluding hydrogens is 366 g/mol. The third kappa shape index (κ3) is 6.61. The van der Waals surface area contributed by atoms with Crippen molar-refractivity contribution in [1.82, 2.24) is 4.90 Å². The summed E-state index contributed by atoms with van der Waals surface area (Å²) in [6.45, 7) is 5.62. The monoisotopic (exact) mass is 393 g/mol. The first-order valence-electron chi connectivity index (χ1n) is 8.94. The number of halogens is 1. The van der Waals surface area contributed by atoms with Gasteiger partial charge in [0, 0.05) is 24.2 Å². The van der Waals surface area contributed by atoms with E-state index in [1.165, 1.54) is 0 Å². The average Bonchev–Trinajstić information content (AvgIpc) is 2.66. The number of methoxy groups -OCH3 is 2. The smallest absolute Gasteiger partial charge is 0.161 e. The van der Waals surface area contributed by atoms with Crippen LogP contribution in [0.4, 0.5) is 0 Å². The molecule has 2 aromatic carbocycles. The molecule has 6 heteroatoms. The number of rotatable bonds is 10. The minimum Gasteiger partial charge on any atom is -0.493 e. The van der Waals surface area contributed by atoms with E-state index in [1.807, 2.05) is 18.2 Å². The van der Waals surface area contributed by atoms with Crippen LogP contribution < -0.4 is 14.2 Å². The van der Waals surface area contributed by atoms with E-state index in [4.69, 9.17) is 25.8 Å². The average molecular weight is 394 g/mol. The molecule has 0 fully saturated rings. The fourth-order valence-electron chi connectivity index (χ4n) is 2.72. The van der Waals surface area contributed by atoms with Crippen LogP contribution in [0.25, 0.3) is 0 Å². The van der Waals surface area contributed by atoms with E-state index >= 15 is 0 Å². The highest BCUT2D eigenvalue weighted by atomic mass is 35.5. The molecule has 0 spiro atoms. The van der Waals surface area contributed by atoms with E-state index in [2.05, 4.69) is 18.7 Å². The third-order valence-electron chi connectivity index (χ3n) is 4.27. The SMILES string of the molecule is COc1ccc(CN(C[C@H](O)COc2ccc(Cl)cc2)C(C)C)cc1OC. The van der Waals surface area contributed by atoms with Crippen LogP contribution in [0.5, 0.6) is 17.2 Å². The van der Waals surface area contributed by atoms with E-state index in [1.54, 1.807) is 38.5 Å². The highest BCUT2D eigenvalue weighted by Gasteiger charge is 2.17. The van der Waals surface area contributed by atoms with E-state index in [0.29, 0.717) is 35.4 Å². The molecule has 2 rings (SSSR count). The first-order valence-corrected chi connectivity index (χ1v) is 9.32. The summed E-state index contributed by atoms with van der Waals surface area (Å²) in [6, 6.07) is 13.2. The first kappa shape index (κ1) is 21.4. The minimum absolute atomic E-state index is 0.219. The van der Waals surface area contributed by atoms with Crippen LogP contribution in [-0.2, 0) is 6.54 Å². The fraction of sp³-hybridized carbons (Fsp3) is 0.429. The zero-order valence-corrected chi connectivity index (χ0v) is 17.1. The third-order valence-corrected chi connectivity index (χ3v) is 4.52. The Morgan fingerprint density at radius 2 is 1.67 bits per heavy atom. The van der Waals surface area contributed by atoms with Gasteiger partial charge in [0.05, 0.1) is 14.2 Å². The normalized spacial score (nSPS) is 12.3. The molecule has 0 heterocycles. The van der Waals surface area contributed by atoms with Gasteiger partial charge in [-0.1, -0.05) is 17.7 Å². The molecule has 2 aromatic rings. The molecule has 1 N–H and O–H groups in total. The van der Waals surface area contributed by atoms with Crippen molar-refractivity contribution < 1.29 is 19.3 Å². The second-order valence-electron chi connectivity index (χ2n) is 6.63. The van der Waals surface area contributed by atoms with E-state index in [9.17, 15) is 5.11 Å². The molecule has 0 aliphatic carbocycles. The predicted octanol–water partition coefficient (Wildman–Crippen LogP) is 4.01. The maximum atomic E-state index is 10.4. The van der Waals surface area contributed by atoms with Gasteiger partial charge in [-0.25, -0.2) is 0 Å². The van der Waals surface area contributed by atoms with Crippen molar-refractivity contribution in [2.75, 3.05) is 27.4 Å². The largest absolute Gasteiger partial charge is 0.493 e. The Morgan fingerprint density at radius 3 is 2.26 bits per heavy atom. The Morgan fingerprint density at radius 1 is 1.00 bits per heavy atom. The fourth-order valence-corrected chi connectivity index (χ4v) is 2.84. The number of aliphatic hydroxyl groups excluding tert-OH is 1. The lowest BCUT2D eigenvalue weighted by molar-refractivity contribution is 0.0543. The van der Waals surface area contributed by atoms with Gasteiger partial charge in [0.15, 0.2) is 11.5 Å². The van der Waals surface area contributed by atoms with Gasteiger partial charge in [-0.3, -0.25) is 4.90 Å². The van der Waals surface area contributed by atoms with E-state index in [-0.39, 0.29) is 12.6 Å². The van der Waals surface area contributed by atoms with Crippen molar-refractivity contribution in [2.24, 2.45) is 0 Å². The second-order valence-corrected chi connectivity index (χ2v) is 7.07. The molecule has 1 atom stereocenters. The number of hydrogen-bond donors (Lipinski definition) is 1. The Hall–Kier alpha value is -1.95. The van der Waals surface area contributed by atoms with Gasteiger partial charge in [0.25, 0.3) is 0 Å². The topological polar surface area (TPSA) is 51.2 Å². The Balaban J connectivity index is 1.95. The maximum absolute atomic E-state index is 10.4. The Kier molecular flexibility index (Phi) is 8.23. The summed E-state index contributed by atoms with van der Waals surface area (Å²) in [7, 11) is 3.24. The lowest BCUT2D eigenvalue weighted by Gasteiger charge is -2.29. The van der Waals surface area contributed by atoms with Crippen LogP contribution in [0.1, 0.15) is 19.4 Å². The van der Waals surface area contributed by atoms with Crippen LogP contribution in [0.2, 0.25) is 5.02 Å². The highest BCUT2D eigenvalue weighted by molar-refractivity contribution is 6.30. The highest BCUT2D eigenvalue weighted by Crippen LogP contribution is 2.28. The summed E-state index contributed by atoms with van der Waals surface area (Å²) in [5, 5.41) is 11.1. The van der Waals surface area contributed by atoms with E-state index in [0.717, 1.165) is 5.56 Å². The lowest BCUT2D eigenvalue weighted by atomic mass is 10.1. The van der Waals surface area contributed by atoms with Crippen LogP contribution in [0.15, 0.2) is 42.5 Å². The molecule has 0 saturated carbocycles. The summed E-state index contributed by atoms with van der Waals surface area (Å²) in [6.07, 6.45) is -0.608. The maximum Gasteiger partial charge on any atom is 0.161 e. The molecule has 0 unspecified atom stereocenters. The predicted molar refractivity (Wildman–Crippen MR) is 108 cm³/mol. The van der Waals surface area contributed by atoms with Crippen LogP contribution in [0, 0.1) is 0 Å².